The molecule has 0 spiro atoms. The molecule has 1 atom stereocenters. The second kappa shape index (κ2) is 4.94. The van der Waals surface area contributed by atoms with Gasteiger partial charge in [-0.2, -0.15) is 0 Å². The Labute approximate surface area is 113 Å². The van der Waals surface area contributed by atoms with Crippen molar-refractivity contribution in [3.05, 3.63) is 29.6 Å². The molecule has 2 heterocycles. The molecule has 102 valence electrons. The molecule has 3 rings (SSSR count). The van der Waals surface area contributed by atoms with E-state index in [1.807, 2.05) is 14.0 Å². The highest BCUT2D eigenvalue weighted by molar-refractivity contribution is 5.76. The summed E-state index contributed by atoms with van der Waals surface area (Å²) in [5, 5.41) is 9.70. The van der Waals surface area contributed by atoms with Gasteiger partial charge in [-0.3, -0.25) is 4.90 Å². The molecule has 19 heavy (non-hydrogen) atoms. The number of benzene rings is 1. The molecule has 1 aliphatic rings. The van der Waals surface area contributed by atoms with Gasteiger partial charge in [0.15, 0.2) is 0 Å². The summed E-state index contributed by atoms with van der Waals surface area (Å²) >= 11 is 0. The van der Waals surface area contributed by atoms with E-state index in [2.05, 4.69) is 32.7 Å². The molecule has 0 aliphatic carbocycles. The average molecular weight is 259 g/mol. The molecule has 1 aliphatic heterocycles. The maximum absolute atomic E-state index is 9.70. The second-order valence-corrected chi connectivity index (χ2v) is 5.41. The van der Waals surface area contributed by atoms with Gasteiger partial charge in [-0.05, 0) is 50.6 Å². The van der Waals surface area contributed by atoms with Crippen LogP contribution in [0.15, 0.2) is 18.2 Å². The molecule has 1 saturated heterocycles. The second-order valence-electron chi connectivity index (χ2n) is 5.41. The van der Waals surface area contributed by atoms with Crippen LogP contribution >= 0.6 is 0 Å². The van der Waals surface area contributed by atoms with E-state index >= 15 is 0 Å². The maximum atomic E-state index is 9.70. The fourth-order valence-corrected chi connectivity index (χ4v) is 3.03. The predicted molar refractivity (Wildman–Crippen MR) is 76.1 cm³/mol. The van der Waals surface area contributed by atoms with E-state index in [4.69, 9.17) is 0 Å². The van der Waals surface area contributed by atoms with Crippen molar-refractivity contribution >= 4 is 11.0 Å². The minimum atomic E-state index is 0.120. The number of hydrogen-bond donors (Lipinski definition) is 1. The zero-order chi connectivity index (χ0) is 13.4. The van der Waals surface area contributed by atoms with Crippen LogP contribution in [0.4, 0.5) is 0 Å². The van der Waals surface area contributed by atoms with E-state index in [-0.39, 0.29) is 12.6 Å². The van der Waals surface area contributed by atoms with Gasteiger partial charge in [-0.15, -0.1) is 0 Å². The maximum Gasteiger partial charge on any atom is 0.106 e. The first kappa shape index (κ1) is 12.6. The Kier molecular flexibility index (Phi) is 3.29. The number of fused-ring (bicyclic) bond motifs is 1. The van der Waals surface area contributed by atoms with Crippen LogP contribution in [0.1, 0.15) is 30.3 Å². The number of rotatable bonds is 3. The molecular formula is C15H21N3O. The Morgan fingerprint density at radius 3 is 2.74 bits per heavy atom. The fourth-order valence-electron chi connectivity index (χ4n) is 3.03. The van der Waals surface area contributed by atoms with Gasteiger partial charge in [0.2, 0.25) is 0 Å². The Hall–Kier alpha value is -1.39. The highest BCUT2D eigenvalue weighted by atomic mass is 16.3. The van der Waals surface area contributed by atoms with Crippen molar-refractivity contribution in [1.82, 2.24) is 14.5 Å². The summed E-state index contributed by atoms with van der Waals surface area (Å²) in [6, 6.07) is 6.49. The molecule has 1 N–H and O–H groups in total. The monoisotopic (exact) mass is 259 g/mol. The summed E-state index contributed by atoms with van der Waals surface area (Å²) in [7, 11) is 2.04. The van der Waals surface area contributed by atoms with E-state index in [0.717, 1.165) is 29.9 Å². The molecular weight excluding hydrogens is 238 g/mol. The molecule has 1 fully saturated rings. The smallest absolute Gasteiger partial charge is 0.106 e. The Morgan fingerprint density at radius 1 is 1.32 bits per heavy atom. The largest absolute Gasteiger partial charge is 0.394 e. The molecule has 1 aromatic carbocycles. The van der Waals surface area contributed by atoms with Gasteiger partial charge in [0.1, 0.15) is 5.82 Å². The number of aromatic nitrogens is 2. The average Bonchev–Trinajstić information content (AvgIpc) is 3.01. The number of nitrogens with zero attached hydrogens (tertiary/aromatic N) is 3. The van der Waals surface area contributed by atoms with Crippen LogP contribution in [-0.2, 0) is 7.05 Å². The summed E-state index contributed by atoms with van der Waals surface area (Å²) in [6.45, 7) is 4.37. The summed E-state index contributed by atoms with van der Waals surface area (Å²) < 4.78 is 2.10. The van der Waals surface area contributed by atoms with Gasteiger partial charge in [0, 0.05) is 7.05 Å². The lowest BCUT2D eigenvalue weighted by molar-refractivity contribution is 0.147. The molecule has 4 nitrogen and oxygen atoms in total. The van der Waals surface area contributed by atoms with Gasteiger partial charge >= 0.3 is 0 Å². The van der Waals surface area contributed by atoms with Gasteiger partial charge < -0.3 is 9.67 Å². The molecule has 0 radical (unpaired) electrons. The Bertz CT molecular complexity index is 584. The molecule has 0 amide bonds. The van der Waals surface area contributed by atoms with E-state index in [0.29, 0.717) is 0 Å². The van der Waals surface area contributed by atoms with Crippen LogP contribution in [0.2, 0.25) is 0 Å². The minimum absolute atomic E-state index is 0.120. The number of aryl methyl sites for hydroxylation is 2. The van der Waals surface area contributed by atoms with Crippen LogP contribution < -0.4 is 0 Å². The molecule has 2 aromatic rings. The van der Waals surface area contributed by atoms with Gasteiger partial charge in [-0.1, -0.05) is 6.07 Å². The fraction of sp³-hybridized carbons (Fsp3) is 0.533. The van der Waals surface area contributed by atoms with Crippen LogP contribution in [0.3, 0.4) is 0 Å². The zero-order valence-electron chi connectivity index (χ0n) is 11.6. The molecule has 0 saturated carbocycles. The van der Waals surface area contributed by atoms with Crippen molar-refractivity contribution in [3.63, 3.8) is 0 Å². The van der Waals surface area contributed by atoms with Crippen molar-refractivity contribution in [2.24, 2.45) is 7.05 Å². The van der Waals surface area contributed by atoms with Crippen molar-refractivity contribution in [2.45, 2.75) is 25.8 Å². The van der Waals surface area contributed by atoms with Crippen LogP contribution in [0.5, 0.6) is 0 Å². The zero-order valence-corrected chi connectivity index (χ0v) is 11.6. The molecule has 1 unspecified atom stereocenters. The van der Waals surface area contributed by atoms with Gasteiger partial charge in [-0.25, -0.2) is 4.98 Å². The Balaban J connectivity index is 1.99. The lowest BCUT2D eigenvalue weighted by Gasteiger charge is -2.26. The third-order valence-electron chi connectivity index (χ3n) is 4.27. The molecule has 1 aromatic heterocycles. The molecule has 4 heteroatoms. The summed E-state index contributed by atoms with van der Waals surface area (Å²) in [4.78, 5) is 6.95. The quantitative estimate of drug-likeness (QED) is 0.916. The number of aliphatic hydroxyl groups is 1. The van der Waals surface area contributed by atoms with E-state index in [9.17, 15) is 5.11 Å². The molecule has 0 bridgehead atoms. The highest BCUT2D eigenvalue weighted by Gasteiger charge is 2.23. The number of imidazole rings is 1. The first-order chi connectivity index (χ1) is 9.20. The van der Waals surface area contributed by atoms with Crippen molar-refractivity contribution in [3.8, 4) is 0 Å². The van der Waals surface area contributed by atoms with E-state index < -0.39 is 0 Å². The topological polar surface area (TPSA) is 41.3 Å². The van der Waals surface area contributed by atoms with Crippen LogP contribution in [0, 0.1) is 6.92 Å². The number of hydrogen-bond acceptors (Lipinski definition) is 3. The van der Waals surface area contributed by atoms with Crippen molar-refractivity contribution < 1.29 is 5.11 Å². The third kappa shape index (κ3) is 2.15. The first-order valence-corrected chi connectivity index (χ1v) is 6.98. The van der Waals surface area contributed by atoms with Crippen LogP contribution in [0.25, 0.3) is 11.0 Å². The summed E-state index contributed by atoms with van der Waals surface area (Å²) in [6.07, 6.45) is 2.48. The summed E-state index contributed by atoms with van der Waals surface area (Å²) in [5.41, 5.74) is 3.35. The first-order valence-electron chi connectivity index (χ1n) is 6.98. The van der Waals surface area contributed by atoms with Crippen molar-refractivity contribution in [2.75, 3.05) is 19.7 Å². The lowest BCUT2D eigenvalue weighted by atomic mass is 10.1. The number of likely N-dealkylation sites (tertiary alicyclic amines) is 1. The predicted octanol–water partition coefficient (Wildman–Crippen LogP) is 2.01. The van der Waals surface area contributed by atoms with E-state index in [1.54, 1.807) is 0 Å². The standard InChI is InChI=1S/C15H21N3O/c1-11-16-13-9-12(5-6-14(13)17(11)2)15(10-19)18-7-3-4-8-18/h5-6,9,15,19H,3-4,7-8,10H2,1-2H3. The van der Waals surface area contributed by atoms with Gasteiger partial charge in [0.25, 0.3) is 0 Å². The third-order valence-corrected chi connectivity index (χ3v) is 4.27. The van der Waals surface area contributed by atoms with Gasteiger partial charge in [0.05, 0.1) is 23.7 Å². The summed E-state index contributed by atoms with van der Waals surface area (Å²) in [5.74, 6) is 1.02. The SMILES string of the molecule is Cc1nc2cc(C(CO)N3CCCC3)ccc2n1C. The number of aliphatic hydroxyl groups excluding tert-OH is 1. The minimum Gasteiger partial charge on any atom is -0.394 e. The highest BCUT2D eigenvalue weighted by Crippen LogP contribution is 2.27. The Morgan fingerprint density at radius 2 is 2.05 bits per heavy atom. The van der Waals surface area contributed by atoms with Crippen molar-refractivity contribution in [1.29, 1.82) is 0 Å². The lowest BCUT2D eigenvalue weighted by Crippen LogP contribution is -2.28. The van der Waals surface area contributed by atoms with Crippen LogP contribution in [-0.4, -0.2) is 39.3 Å². The van der Waals surface area contributed by atoms with E-state index in [1.165, 1.54) is 18.4 Å². The normalized spacial score (nSPS) is 18.3.